The standard InChI is InChI=1S/C22H28F3N5S/c1-15-11-16(2)14-30(13-15)19-12-18(22(23,24)25)27-20(28-19)29-21(31)26-10-6-9-17-7-4-3-5-8-17/h3-5,7-8,12,15-16H,6,9-11,13-14H2,1-2H3,(H2,26,27,28,29,31). The highest BCUT2D eigenvalue weighted by atomic mass is 32.1. The molecule has 1 aromatic heterocycles. The lowest BCUT2D eigenvalue weighted by molar-refractivity contribution is -0.141. The van der Waals surface area contributed by atoms with Crippen LogP contribution in [0.4, 0.5) is 24.9 Å². The van der Waals surface area contributed by atoms with Crippen LogP contribution in [0.2, 0.25) is 0 Å². The number of piperidine rings is 1. The lowest BCUT2D eigenvalue weighted by atomic mass is 9.92. The predicted octanol–water partition coefficient (Wildman–Crippen LogP) is 4.90. The average molecular weight is 452 g/mol. The molecule has 1 aromatic carbocycles. The van der Waals surface area contributed by atoms with Crippen molar-refractivity contribution in [2.75, 3.05) is 29.9 Å². The number of nitrogens with one attached hydrogen (secondary N) is 2. The van der Waals surface area contributed by atoms with Gasteiger partial charge < -0.3 is 15.5 Å². The molecule has 0 aliphatic carbocycles. The van der Waals surface area contributed by atoms with Crippen molar-refractivity contribution in [3.63, 3.8) is 0 Å². The summed E-state index contributed by atoms with van der Waals surface area (Å²) in [6.07, 6.45) is -1.79. The van der Waals surface area contributed by atoms with E-state index in [1.54, 1.807) is 0 Å². The fourth-order valence-corrected chi connectivity index (χ4v) is 4.13. The molecule has 1 saturated heterocycles. The van der Waals surface area contributed by atoms with Crippen LogP contribution < -0.4 is 15.5 Å². The Bertz CT molecular complexity index is 865. The van der Waals surface area contributed by atoms with E-state index in [1.807, 2.05) is 23.1 Å². The summed E-state index contributed by atoms with van der Waals surface area (Å²) in [6, 6.07) is 11.1. The molecule has 2 aromatic rings. The monoisotopic (exact) mass is 451 g/mol. The van der Waals surface area contributed by atoms with Gasteiger partial charge in [-0.15, -0.1) is 0 Å². The van der Waals surface area contributed by atoms with Gasteiger partial charge in [-0.1, -0.05) is 44.2 Å². The van der Waals surface area contributed by atoms with Crippen molar-refractivity contribution < 1.29 is 13.2 Å². The van der Waals surface area contributed by atoms with E-state index in [4.69, 9.17) is 12.2 Å². The quantitative estimate of drug-likeness (QED) is 0.482. The largest absolute Gasteiger partial charge is 0.433 e. The second kappa shape index (κ2) is 10.3. The molecule has 0 bridgehead atoms. The van der Waals surface area contributed by atoms with Gasteiger partial charge in [-0.3, -0.25) is 0 Å². The van der Waals surface area contributed by atoms with E-state index in [-0.39, 0.29) is 16.9 Å². The number of aryl methyl sites for hydroxylation is 1. The summed E-state index contributed by atoms with van der Waals surface area (Å²) in [4.78, 5) is 9.88. The Kier molecular flexibility index (Phi) is 7.69. The van der Waals surface area contributed by atoms with Crippen LogP contribution in [0.15, 0.2) is 36.4 Å². The first-order valence-corrected chi connectivity index (χ1v) is 10.9. The fraction of sp³-hybridized carbons (Fsp3) is 0.500. The highest BCUT2D eigenvalue weighted by Crippen LogP contribution is 2.32. The third-order valence-corrected chi connectivity index (χ3v) is 5.44. The van der Waals surface area contributed by atoms with Crippen molar-refractivity contribution in [2.45, 2.75) is 39.3 Å². The molecule has 0 amide bonds. The van der Waals surface area contributed by atoms with Crippen LogP contribution in [0.5, 0.6) is 0 Å². The number of alkyl halides is 3. The molecule has 1 aliphatic rings. The van der Waals surface area contributed by atoms with Crippen molar-refractivity contribution in [2.24, 2.45) is 11.8 Å². The molecular weight excluding hydrogens is 423 g/mol. The summed E-state index contributed by atoms with van der Waals surface area (Å²) in [5.74, 6) is 0.903. The van der Waals surface area contributed by atoms with Crippen molar-refractivity contribution in [1.29, 1.82) is 0 Å². The summed E-state index contributed by atoms with van der Waals surface area (Å²) >= 11 is 5.24. The second-order valence-electron chi connectivity index (χ2n) is 8.25. The number of hydrogen-bond donors (Lipinski definition) is 2. The van der Waals surface area contributed by atoms with Gasteiger partial charge in [0.15, 0.2) is 10.8 Å². The van der Waals surface area contributed by atoms with Crippen molar-refractivity contribution in [1.82, 2.24) is 15.3 Å². The zero-order chi connectivity index (χ0) is 22.4. The first-order chi connectivity index (χ1) is 14.7. The summed E-state index contributed by atoms with van der Waals surface area (Å²) in [5, 5.41) is 5.95. The lowest BCUT2D eigenvalue weighted by Crippen LogP contribution is -2.39. The molecule has 1 fully saturated rings. The molecule has 31 heavy (non-hydrogen) atoms. The van der Waals surface area contributed by atoms with E-state index in [1.165, 1.54) is 5.56 Å². The first-order valence-electron chi connectivity index (χ1n) is 10.5. The Balaban J connectivity index is 1.64. The highest BCUT2D eigenvalue weighted by Gasteiger charge is 2.35. The van der Waals surface area contributed by atoms with Crippen LogP contribution >= 0.6 is 12.2 Å². The summed E-state index contributed by atoms with van der Waals surface area (Å²) in [7, 11) is 0. The topological polar surface area (TPSA) is 53.1 Å². The lowest BCUT2D eigenvalue weighted by Gasteiger charge is -2.36. The van der Waals surface area contributed by atoms with Gasteiger partial charge in [0.25, 0.3) is 0 Å². The normalized spacial score (nSPS) is 19.2. The van der Waals surface area contributed by atoms with Gasteiger partial charge in [-0.05, 0) is 48.9 Å². The minimum Gasteiger partial charge on any atom is -0.362 e. The van der Waals surface area contributed by atoms with Gasteiger partial charge in [0.05, 0.1) is 0 Å². The molecule has 2 heterocycles. The minimum absolute atomic E-state index is 0.142. The van der Waals surface area contributed by atoms with E-state index < -0.39 is 11.9 Å². The molecule has 5 nitrogen and oxygen atoms in total. The molecule has 168 valence electrons. The maximum atomic E-state index is 13.4. The molecular formula is C22H28F3N5S. The predicted molar refractivity (Wildman–Crippen MR) is 121 cm³/mol. The van der Waals surface area contributed by atoms with Gasteiger partial charge >= 0.3 is 6.18 Å². The molecule has 0 spiro atoms. The second-order valence-corrected chi connectivity index (χ2v) is 8.66. The Morgan fingerprint density at radius 2 is 1.81 bits per heavy atom. The van der Waals surface area contributed by atoms with Gasteiger partial charge in [-0.25, -0.2) is 4.98 Å². The number of hydrogen-bond acceptors (Lipinski definition) is 4. The van der Waals surface area contributed by atoms with E-state index in [0.29, 0.717) is 31.5 Å². The smallest absolute Gasteiger partial charge is 0.362 e. The maximum absolute atomic E-state index is 13.4. The molecule has 3 rings (SSSR count). The van der Waals surface area contributed by atoms with Gasteiger partial charge in [0.2, 0.25) is 5.95 Å². The fourth-order valence-electron chi connectivity index (χ4n) is 3.93. The Hall–Kier alpha value is -2.42. The average Bonchev–Trinajstić information content (AvgIpc) is 2.70. The van der Waals surface area contributed by atoms with Crippen LogP contribution in [0, 0.1) is 11.8 Å². The Labute approximate surface area is 186 Å². The minimum atomic E-state index is -4.56. The zero-order valence-electron chi connectivity index (χ0n) is 17.7. The number of nitrogens with zero attached hydrogens (tertiary/aromatic N) is 3. The number of anilines is 2. The van der Waals surface area contributed by atoms with E-state index in [0.717, 1.165) is 25.3 Å². The van der Waals surface area contributed by atoms with Crippen LogP contribution in [0.25, 0.3) is 0 Å². The van der Waals surface area contributed by atoms with Gasteiger partial charge in [0.1, 0.15) is 5.82 Å². The van der Waals surface area contributed by atoms with Gasteiger partial charge in [-0.2, -0.15) is 18.2 Å². The molecule has 0 saturated carbocycles. The Morgan fingerprint density at radius 1 is 1.13 bits per heavy atom. The first kappa shape index (κ1) is 23.2. The third-order valence-electron chi connectivity index (χ3n) is 5.19. The van der Waals surface area contributed by atoms with Crippen molar-refractivity contribution in [3.8, 4) is 0 Å². The SMILES string of the molecule is CC1CC(C)CN(c2cc(C(F)(F)F)nc(NC(=S)NCCCc3ccccc3)n2)C1. The van der Waals surface area contributed by atoms with Crippen LogP contribution in [0.3, 0.4) is 0 Å². The summed E-state index contributed by atoms with van der Waals surface area (Å²) in [5.41, 5.74) is 0.247. The van der Waals surface area contributed by atoms with Crippen LogP contribution in [-0.2, 0) is 12.6 Å². The van der Waals surface area contributed by atoms with E-state index >= 15 is 0 Å². The van der Waals surface area contributed by atoms with Crippen molar-refractivity contribution in [3.05, 3.63) is 47.7 Å². The van der Waals surface area contributed by atoms with Crippen LogP contribution in [-0.4, -0.2) is 34.7 Å². The zero-order valence-corrected chi connectivity index (χ0v) is 18.6. The Morgan fingerprint density at radius 3 is 2.45 bits per heavy atom. The van der Waals surface area contributed by atoms with E-state index in [9.17, 15) is 13.2 Å². The molecule has 2 atom stereocenters. The van der Waals surface area contributed by atoms with Crippen molar-refractivity contribution >= 4 is 29.1 Å². The van der Waals surface area contributed by atoms with Gasteiger partial charge in [0, 0.05) is 25.7 Å². The molecule has 2 N–H and O–H groups in total. The van der Waals surface area contributed by atoms with Crippen LogP contribution in [0.1, 0.15) is 37.9 Å². The number of thiocarbonyl (C=S) groups is 1. The molecule has 0 radical (unpaired) electrons. The summed E-state index contributed by atoms with van der Waals surface area (Å²) in [6.45, 7) is 6.12. The highest BCUT2D eigenvalue weighted by molar-refractivity contribution is 7.80. The maximum Gasteiger partial charge on any atom is 0.433 e. The number of aromatic nitrogens is 2. The summed E-state index contributed by atoms with van der Waals surface area (Å²) < 4.78 is 40.3. The molecule has 2 unspecified atom stereocenters. The molecule has 9 heteroatoms. The number of rotatable bonds is 6. The third kappa shape index (κ3) is 7.05. The van der Waals surface area contributed by atoms with E-state index in [2.05, 4.69) is 46.6 Å². The number of benzene rings is 1. The number of halogens is 3. The molecule has 1 aliphatic heterocycles.